The molecule has 7 heterocycles. The summed E-state index contributed by atoms with van der Waals surface area (Å²) in [6.45, 7) is 20.3. The number of benzene rings is 5. The van der Waals surface area contributed by atoms with Crippen molar-refractivity contribution < 1.29 is 0 Å². The molecule has 0 spiro atoms. The Hall–Kier alpha value is -7.78. The molecular weight excluding hydrogens is 905 g/mol. The molecule has 0 radical (unpaired) electrons. The number of imidazole rings is 3. The molecule has 72 heavy (non-hydrogen) atoms. The predicted molar refractivity (Wildman–Crippen MR) is 289 cm³/mol. The van der Waals surface area contributed by atoms with Crippen LogP contribution in [-0.2, 0) is 6.54 Å². The lowest BCUT2D eigenvalue weighted by atomic mass is 9.81. The van der Waals surface area contributed by atoms with Crippen LogP contribution in [0.2, 0.25) is 0 Å². The number of aromatic amines is 7. The Morgan fingerprint density at radius 1 is 0.514 bits per heavy atom. The van der Waals surface area contributed by atoms with Gasteiger partial charge in [-0.2, -0.15) is 0 Å². The van der Waals surface area contributed by atoms with Crippen LogP contribution in [0.3, 0.4) is 0 Å². The van der Waals surface area contributed by atoms with E-state index in [0.717, 1.165) is 141 Å². The Bertz CT molecular complexity index is 3490. The van der Waals surface area contributed by atoms with Gasteiger partial charge in [-0.15, -0.1) is 0 Å². The van der Waals surface area contributed by atoms with Gasteiger partial charge in [0.15, 0.2) is 5.69 Å². The number of rotatable bonds is 7. The number of nitrogens with zero attached hydrogens (tertiary/aromatic N) is 6. The molecule has 1 aliphatic carbocycles. The van der Waals surface area contributed by atoms with Gasteiger partial charge in [-0.3, -0.25) is 9.80 Å². The van der Waals surface area contributed by atoms with E-state index in [1.165, 1.54) is 42.2 Å². The number of hydrogen-bond donors (Lipinski definition) is 8. The molecule has 9 aromatic rings. The number of para-hydroxylation sites is 3. The van der Waals surface area contributed by atoms with Crippen LogP contribution in [0.15, 0.2) is 124 Å². The van der Waals surface area contributed by atoms with Crippen LogP contribution in [0, 0.1) is 6.57 Å². The zero-order chi connectivity index (χ0) is 49.0. The fourth-order valence-electron chi connectivity index (χ4n) is 11.4. The molecule has 17 nitrogen and oxygen atoms in total. The van der Waals surface area contributed by atoms with E-state index in [2.05, 4.69) is 124 Å². The molecular formula is C55H62N14O3. The topological polar surface area (TPSA) is 194 Å². The second-order valence-corrected chi connectivity index (χ2v) is 19.4. The van der Waals surface area contributed by atoms with Crippen LogP contribution < -0.4 is 37.1 Å². The lowest BCUT2D eigenvalue weighted by Gasteiger charge is -2.42. The number of H-pyrrole nitrogens is 7. The zero-order valence-electron chi connectivity index (χ0n) is 40.5. The summed E-state index contributed by atoms with van der Waals surface area (Å²) in [4.78, 5) is 71.0. The van der Waals surface area contributed by atoms with Crippen molar-refractivity contribution in [1.29, 1.82) is 0 Å². The Kier molecular flexibility index (Phi) is 13.5. The van der Waals surface area contributed by atoms with E-state index < -0.39 is 0 Å². The van der Waals surface area contributed by atoms with Crippen molar-refractivity contribution in [3.8, 4) is 0 Å². The summed E-state index contributed by atoms with van der Waals surface area (Å²) in [6.07, 6.45) is 7.00. The maximum atomic E-state index is 11.7. The molecule has 3 aliphatic heterocycles. The minimum atomic E-state index is -0.145. The van der Waals surface area contributed by atoms with Crippen molar-refractivity contribution in [1.82, 2.24) is 50.0 Å². The molecule has 4 aliphatic rings. The first-order valence-electron chi connectivity index (χ1n) is 25.4. The van der Waals surface area contributed by atoms with Crippen molar-refractivity contribution in [3.63, 3.8) is 0 Å². The quantitative estimate of drug-likeness (QED) is 0.0764. The third-order valence-electron chi connectivity index (χ3n) is 15.1. The lowest BCUT2D eigenvalue weighted by molar-refractivity contribution is 0.141. The van der Waals surface area contributed by atoms with Crippen molar-refractivity contribution in [2.45, 2.75) is 44.2 Å². The number of piperazine rings is 3. The molecule has 3 saturated heterocycles. The van der Waals surface area contributed by atoms with Crippen molar-refractivity contribution in [2.24, 2.45) is 0 Å². The van der Waals surface area contributed by atoms with Gasteiger partial charge in [-0.05, 0) is 96.6 Å². The molecule has 1 saturated carbocycles. The first-order valence-corrected chi connectivity index (χ1v) is 25.4. The van der Waals surface area contributed by atoms with Crippen LogP contribution >= 0.6 is 0 Å². The average molecular weight is 967 g/mol. The first kappa shape index (κ1) is 46.6. The predicted octanol–water partition coefficient (Wildman–Crippen LogP) is 7.18. The van der Waals surface area contributed by atoms with Gasteiger partial charge in [0.2, 0.25) is 0 Å². The third kappa shape index (κ3) is 10.1. The molecule has 4 aromatic heterocycles. The van der Waals surface area contributed by atoms with E-state index in [1.807, 2.05) is 54.6 Å². The maximum Gasteiger partial charge on any atom is 0.323 e. The molecule has 13 rings (SSSR count). The van der Waals surface area contributed by atoms with Crippen molar-refractivity contribution in [2.75, 3.05) is 93.2 Å². The number of anilines is 3. The molecule has 370 valence electrons. The summed E-state index contributed by atoms with van der Waals surface area (Å²) in [5.41, 5.74) is 12.9. The number of nitrogens with one attached hydrogen (secondary N) is 8. The van der Waals surface area contributed by atoms with Gasteiger partial charge in [0.05, 0.1) is 56.7 Å². The van der Waals surface area contributed by atoms with Crippen LogP contribution in [0.1, 0.15) is 42.7 Å². The van der Waals surface area contributed by atoms with E-state index in [-0.39, 0.29) is 17.1 Å². The average Bonchev–Trinajstić information content (AvgIpc) is 4.23. The normalized spacial score (nSPS) is 19.0. The molecule has 8 N–H and O–H groups in total. The van der Waals surface area contributed by atoms with E-state index >= 15 is 0 Å². The van der Waals surface area contributed by atoms with E-state index in [1.54, 1.807) is 0 Å². The van der Waals surface area contributed by atoms with Gasteiger partial charge < -0.3 is 54.9 Å². The molecule has 0 amide bonds. The Morgan fingerprint density at radius 3 is 1.56 bits per heavy atom. The summed E-state index contributed by atoms with van der Waals surface area (Å²) in [7, 11) is 0. The van der Waals surface area contributed by atoms with Crippen LogP contribution in [0.5, 0.6) is 0 Å². The Balaban J connectivity index is 0.000000125. The number of aromatic nitrogens is 7. The zero-order valence-corrected chi connectivity index (χ0v) is 40.5. The van der Waals surface area contributed by atoms with Crippen LogP contribution in [-0.4, -0.2) is 129 Å². The number of hydrogen-bond acceptors (Lipinski definition) is 9. The maximum absolute atomic E-state index is 11.7. The summed E-state index contributed by atoms with van der Waals surface area (Å²) < 4.78 is 0. The highest BCUT2D eigenvalue weighted by atomic mass is 16.1. The van der Waals surface area contributed by atoms with E-state index in [0.29, 0.717) is 17.6 Å². The monoisotopic (exact) mass is 967 g/mol. The fraction of sp³-hybridized carbons (Fsp3) is 0.345. The van der Waals surface area contributed by atoms with E-state index in [4.69, 9.17) is 6.57 Å². The number of fused-ring (bicyclic) bond motifs is 4. The smallest absolute Gasteiger partial charge is 0.323 e. The van der Waals surface area contributed by atoms with Crippen molar-refractivity contribution in [3.05, 3.63) is 163 Å². The Morgan fingerprint density at radius 2 is 1.03 bits per heavy atom. The highest BCUT2D eigenvalue weighted by Crippen LogP contribution is 2.39. The molecule has 0 unspecified atom stereocenters. The largest absolute Gasteiger partial charge is 0.367 e. The van der Waals surface area contributed by atoms with Gasteiger partial charge in [0.25, 0.3) is 0 Å². The van der Waals surface area contributed by atoms with Crippen LogP contribution in [0.4, 0.5) is 22.7 Å². The summed E-state index contributed by atoms with van der Waals surface area (Å²) in [5, 5.41) is 4.54. The second kappa shape index (κ2) is 20.9. The van der Waals surface area contributed by atoms with Gasteiger partial charge >= 0.3 is 17.1 Å². The van der Waals surface area contributed by atoms with Gasteiger partial charge in [0.1, 0.15) is 0 Å². The van der Waals surface area contributed by atoms with E-state index in [9.17, 15) is 14.4 Å². The highest BCUT2D eigenvalue weighted by Gasteiger charge is 2.30. The third-order valence-corrected chi connectivity index (χ3v) is 15.1. The first-order chi connectivity index (χ1) is 35.3. The lowest BCUT2D eigenvalue weighted by Crippen LogP contribution is -2.51. The molecule has 0 bridgehead atoms. The molecule has 17 heteroatoms. The van der Waals surface area contributed by atoms with Gasteiger partial charge in [0, 0.05) is 103 Å². The molecule has 5 aromatic carbocycles. The molecule has 4 fully saturated rings. The van der Waals surface area contributed by atoms with Crippen molar-refractivity contribution >= 4 is 66.8 Å². The SMILES string of the molecule is O=c1[nH]c2cccc(N3CCN(Cc4ccccc4)CC3)c2[nH]1.O=c1[nH]c2cccc(N3CCNCC3)c2[nH]1.[C-]#[N+]c1ccc2[nH]cc(C3CCC(N4CCN(c5cccc6[nH]c(=O)[nH]c56)CC4)CC3)c2c1. The standard InChI is InChI=1S/C26H28N6O.C18H20N4O.C11H14N4O/c1-27-18-7-10-22-20(15-18)21(16-28-22)17-5-8-19(9-6-17)31-11-13-32(14-12-31)24-4-2-3-23-25(24)30-26(33)29-23;23-18-19-15-7-4-8-16(17(15)20-18)22-11-9-21(10-12-22)13-14-5-2-1-3-6-14;16-11-13-8-2-1-3-9(10(8)14-11)15-6-4-12-5-7-15/h2-4,7,10,15-17,19,28H,5-6,8-9,11-14H2,(H2,29,30,33);1-8H,9-13H2,(H2,19,20,23);1-3,12H,4-7H2,(H2,13,14,16). The minimum absolute atomic E-state index is 0.141. The summed E-state index contributed by atoms with van der Waals surface area (Å²) in [6, 6.07) is 35.2. The Labute approximate surface area is 416 Å². The summed E-state index contributed by atoms with van der Waals surface area (Å²) in [5.74, 6) is 0.570. The summed E-state index contributed by atoms with van der Waals surface area (Å²) >= 11 is 0. The van der Waals surface area contributed by atoms with Gasteiger partial charge in [-0.25, -0.2) is 19.2 Å². The molecule has 0 atom stereocenters. The van der Waals surface area contributed by atoms with Crippen LogP contribution in [0.25, 0.3) is 48.8 Å². The highest BCUT2D eigenvalue weighted by molar-refractivity contribution is 5.90. The second-order valence-electron chi connectivity index (χ2n) is 19.4. The minimum Gasteiger partial charge on any atom is -0.367 e. The fourth-order valence-corrected chi connectivity index (χ4v) is 11.4. The van der Waals surface area contributed by atoms with Gasteiger partial charge in [-0.1, -0.05) is 54.6 Å².